The highest BCUT2D eigenvalue weighted by molar-refractivity contribution is 14.0. The number of aliphatic imine (C=N–C) groups is 1. The van der Waals surface area contributed by atoms with E-state index >= 15 is 0 Å². The Bertz CT molecular complexity index is 1060. The van der Waals surface area contributed by atoms with Crippen LogP contribution in [0, 0.1) is 5.82 Å². The molecule has 6 nitrogen and oxygen atoms in total. The van der Waals surface area contributed by atoms with Gasteiger partial charge in [-0.25, -0.2) is 9.37 Å². The predicted molar refractivity (Wildman–Crippen MR) is 134 cm³/mol. The number of rotatable bonds is 5. The van der Waals surface area contributed by atoms with Gasteiger partial charge in [0.15, 0.2) is 17.6 Å². The molecule has 1 saturated heterocycles. The molecule has 0 spiro atoms. The van der Waals surface area contributed by atoms with Crippen molar-refractivity contribution in [1.82, 2.24) is 15.6 Å². The molecule has 1 aliphatic heterocycles. The molecular formula is C23H27FIN5O. The molecule has 1 aromatic heterocycles. The monoisotopic (exact) mass is 535 g/mol. The molecule has 1 fully saturated rings. The predicted octanol–water partition coefficient (Wildman–Crippen LogP) is 3.94. The van der Waals surface area contributed by atoms with E-state index in [4.69, 9.17) is 4.74 Å². The Morgan fingerprint density at radius 1 is 1.23 bits per heavy atom. The number of nitrogens with one attached hydrogen (secondary N) is 2. The Balaban J connectivity index is 0.00000272. The number of ether oxygens (including phenoxy) is 1. The number of anilines is 1. The third-order valence-corrected chi connectivity index (χ3v) is 5.36. The maximum Gasteiger partial charge on any atom is 0.191 e. The first kappa shape index (κ1) is 23.1. The van der Waals surface area contributed by atoms with Crippen molar-refractivity contribution in [2.24, 2.45) is 4.99 Å². The van der Waals surface area contributed by atoms with Crippen LogP contribution in [0.5, 0.6) is 5.75 Å². The van der Waals surface area contributed by atoms with E-state index in [9.17, 15) is 4.39 Å². The molecule has 2 heterocycles. The summed E-state index contributed by atoms with van der Waals surface area (Å²) in [4.78, 5) is 10.5. The molecule has 2 aromatic carbocycles. The van der Waals surface area contributed by atoms with E-state index in [-0.39, 0.29) is 35.8 Å². The lowest BCUT2D eigenvalue weighted by Crippen LogP contribution is -2.44. The molecule has 4 rings (SSSR count). The molecular weight excluding hydrogens is 508 g/mol. The standard InChI is InChI=1S/C23H26FN5O.HI/c1-25-23(28-19-9-11-29(15-19)22-21(24)4-3-10-26-22)27-14-16-5-6-18-13-20(30-2)8-7-17(18)12-16;/h3-8,10,12-13,19H,9,11,14-15H2,1-2H3,(H2,25,27,28);1H. The van der Waals surface area contributed by atoms with Crippen LogP contribution in [0.25, 0.3) is 10.8 Å². The first-order valence-corrected chi connectivity index (χ1v) is 10.1. The van der Waals surface area contributed by atoms with Crippen molar-refractivity contribution in [2.45, 2.75) is 19.0 Å². The zero-order valence-electron chi connectivity index (χ0n) is 17.6. The molecule has 3 aromatic rings. The second-order valence-corrected chi connectivity index (χ2v) is 7.36. The molecule has 0 aliphatic carbocycles. The minimum absolute atomic E-state index is 0. The highest BCUT2D eigenvalue weighted by atomic mass is 127. The van der Waals surface area contributed by atoms with Crippen molar-refractivity contribution in [3.63, 3.8) is 0 Å². The lowest BCUT2D eigenvalue weighted by atomic mass is 10.1. The third kappa shape index (κ3) is 5.55. The van der Waals surface area contributed by atoms with E-state index in [0.29, 0.717) is 18.9 Å². The van der Waals surface area contributed by atoms with Crippen molar-refractivity contribution in [2.75, 3.05) is 32.1 Å². The van der Waals surface area contributed by atoms with Gasteiger partial charge in [-0.1, -0.05) is 18.2 Å². The van der Waals surface area contributed by atoms with E-state index in [1.807, 2.05) is 17.0 Å². The van der Waals surface area contributed by atoms with Gasteiger partial charge < -0.3 is 20.3 Å². The summed E-state index contributed by atoms with van der Waals surface area (Å²) in [6.45, 7) is 2.11. The normalized spacial score (nSPS) is 16.2. The van der Waals surface area contributed by atoms with Gasteiger partial charge >= 0.3 is 0 Å². The quantitative estimate of drug-likeness (QED) is 0.295. The number of methoxy groups -OCH3 is 1. The average molecular weight is 535 g/mol. The van der Waals surface area contributed by atoms with Crippen LogP contribution in [0.4, 0.5) is 10.2 Å². The van der Waals surface area contributed by atoms with Gasteiger partial charge in [-0.15, -0.1) is 24.0 Å². The number of nitrogens with zero attached hydrogens (tertiary/aromatic N) is 3. The topological polar surface area (TPSA) is 61.8 Å². The molecule has 31 heavy (non-hydrogen) atoms. The van der Waals surface area contributed by atoms with Crippen LogP contribution < -0.4 is 20.3 Å². The largest absolute Gasteiger partial charge is 0.497 e. The molecule has 0 bridgehead atoms. The summed E-state index contributed by atoms with van der Waals surface area (Å²) < 4.78 is 19.3. The number of hydrogen-bond acceptors (Lipinski definition) is 4. The van der Waals surface area contributed by atoms with Crippen LogP contribution in [0.3, 0.4) is 0 Å². The molecule has 2 N–H and O–H groups in total. The number of hydrogen-bond donors (Lipinski definition) is 2. The van der Waals surface area contributed by atoms with E-state index < -0.39 is 0 Å². The SMILES string of the molecule is CN=C(NCc1ccc2cc(OC)ccc2c1)NC1CCN(c2ncccc2F)C1.I. The minimum atomic E-state index is -0.283. The Morgan fingerprint density at radius 2 is 2.03 bits per heavy atom. The van der Waals surface area contributed by atoms with Gasteiger partial charge in [-0.3, -0.25) is 4.99 Å². The summed E-state index contributed by atoms with van der Waals surface area (Å²) in [6, 6.07) is 15.7. The van der Waals surface area contributed by atoms with Crippen LogP contribution in [-0.2, 0) is 6.54 Å². The highest BCUT2D eigenvalue weighted by Crippen LogP contribution is 2.22. The number of benzene rings is 2. The summed E-state index contributed by atoms with van der Waals surface area (Å²) in [5.41, 5.74) is 1.17. The average Bonchev–Trinajstić information content (AvgIpc) is 3.24. The van der Waals surface area contributed by atoms with Crippen LogP contribution in [-0.4, -0.2) is 44.2 Å². The van der Waals surface area contributed by atoms with Gasteiger partial charge in [0.25, 0.3) is 0 Å². The fraction of sp³-hybridized carbons (Fsp3) is 0.304. The van der Waals surface area contributed by atoms with Crippen molar-refractivity contribution < 1.29 is 9.13 Å². The molecule has 8 heteroatoms. The third-order valence-electron chi connectivity index (χ3n) is 5.36. The molecule has 0 radical (unpaired) electrons. The Labute approximate surface area is 198 Å². The van der Waals surface area contributed by atoms with Gasteiger partial charge in [0.1, 0.15) is 5.75 Å². The zero-order valence-corrected chi connectivity index (χ0v) is 20.0. The van der Waals surface area contributed by atoms with Crippen LogP contribution in [0.15, 0.2) is 59.7 Å². The van der Waals surface area contributed by atoms with Crippen molar-refractivity contribution >= 4 is 46.5 Å². The van der Waals surface area contributed by atoms with E-state index in [1.54, 1.807) is 26.4 Å². The van der Waals surface area contributed by atoms with E-state index in [0.717, 1.165) is 30.1 Å². The fourth-order valence-electron chi connectivity index (χ4n) is 3.76. The smallest absolute Gasteiger partial charge is 0.191 e. The summed E-state index contributed by atoms with van der Waals surface area (Å²) in [6.07, 6.45) is 2.52. The Hall–Kier alpha value is -2.62. The number of aromatic nitrogens is 1. The lowest BCUT2D eigenvalue weighted by Gasteiger charge is -2.20. The number of guanidine groups is 1. The number of fused-ring (bicyclic) bond motifs is 1. The second-order valence-electron chi connectivity index (χ2n) is 7.36. The summed E-state index contributed by atoms with van der Waals surface area (Å²) >= 11 is 0. The summed E-state index contributed by atoms with van der Waals surface area (Å²) in [5.74, 6) is 1.72. The molecule has 1 atom stereocenters. The molecule has 1 aliphatic rings. The van der Waals surface area contributed by atoms with Crippen molar-refractivity contribution in [1.29, 1.82) is 0 Å². The number of halogens is 2. The highest BCUT2D eigenvalue weighted by Gasteiger charge is 2.25. The van der Waals surface area contributed by atoms with Gasteiger partial charge in [-0.05, 0) is 53.1 Å². The maximum atomic E-state index is 14.0. The van der Waals surface area contributed by atoms with Gasteiger partial charge in [-0.2, -0.15) is 0 Å². The first-order chi connectivity index (χ1) is 14.7. The van der Waals surface area contributed by atoms with Crippen LogP contribution in [0.2, 0.25) is 0 Å². The molecule has 164 valence electrons. The Kier molecular flexibility index (Phi) is 7.89. The second kappa shape index (κ2) is 10.6. The molecule has 0 saturated carbocycles. The fourth-order valence-corrected chi connectivity index (χ4v) is 3.76. The van der Waals surface area contributed by atoms with Crippen molar-refractivity contribution in [3.05, 3.63) is 66.1 Å². The van der Waals surface area contributed by atoms with Crippen LogP contribution in [0.1, 0.15) is 12.0 Å². The molecule has 1 unspecified atom stereocenters. The number of pyridine rings is 1. The lowest BCUT2D eigenvalue weighted by molar-refractivity contribution is 0.415. The maximum absolute atomic E-state index is 14.0. The Morgan fingerprint density at radius 3 is 2.81 bits per heavy atom. The first-order valence-electron chi connectivity index (χ1n) is 10.1. The minimum Gasteiger partial charge on any atom is -0.497 e. The zero-order chi connectivity index (χ0) is 20.9. The van der Waals surface area contributed by atoms with Crippen molar-refractivity contribution in [3.8, 4) is 5.75 Å². The summed E-state index contributed by atoms with van der Waals surface area (Å²) in [5, 5.41) is 9.12. The molecule has 0 amide bonds. The summed E-state index contributed by atoms with van der Waals surface area (Å²) in [7, 11) is 3.43. The van der Waals surface area contributed by atoms with Crippen LogP contribution >= 0.6 is 24.0 Å². The van der Waals surface area contributed by atoms with E-state index in [1.165, 1.54) is 17.0 Å². The van der Waals surface area contributed by atoms with Gasteiger partial charge in [0.05, 0.1) is 7.11 Å². The van der Waals surface area contributed by atoms with Gasteiger partial charge in [0, 0.05) is 38.9 Å². The van der Waals surface area contributed by atoms with E-state index in [2.05, 4.69) is 44.9 Å². The van der Waals surface area contributed by atoms with Gasteiger partial charge in [0.2, 0.25) is 0 Å².